The van der Waals surface area contributed by atoms with Crippen molar-refractivity contribution in [2.75, 3.05) is 5.73 Å². The quantitative estimate of drug-likeness (QED) is 0.667. The van der Waals surface area contributed by atoms with E-state index in [0.717, 1.165) is 16.5 Å². The highest BCUT2D eigenvalue weighted by molar-refractivity contribution is 5.98. The van der Waals surface area contributed by atoms with E-state index in [4.69, 9.17) is 5.73 Å². The summed E-state index contributed by atoms with van der Waals surface area (Å²) in [4.78, 5) is 29.4. The normalized spacial score (nSPS) is 15.9. The topological polar surface area (TPSA) is 76.3 Å². The zero-order valence-electron chi connectivity index (χ0n) is 11.0. The number of carbonyl (C=O) groups excluding carboxylic acids is 2. The SMILES string of the molecule is Nc1ccc(CN2C(=O)CCCC2=O)c2ncccc12. The number of amides is 2. The van der Waals surface area contributed by atoms with Gasteiger partial charge in [-0.1, -0.05) is 6.07 Å². The number of benzene rings is 1. The van der Waals surface area contributed by atoms with Crippen LogP contribution in [0.25, 0.3) is 10.9 Å². The van der Waals surface area contributed by atoms with Gasteiger partial charge in [-0.3, -0.25) is 19.5 Å². The number of pyridine rings is 1. The van der Waals surface area contributed by atoms with Crippen LogP contribution in [0.2, 0.25) is 0 Å². The average molecular weight is 269 g/mol. The molecule has 2 heterocycles. The maximum absolute atomic E-state index is 11.9. The smallest absolute Gasteiger partial charge is 0.229 e. The van der Waals surface area contributed by atoms with Gasteiger partial charge in [-0.05, 0) is 30.2 Å². The Balaban J connectivity index is 2.01. The van der Waals surface area contributed by atoms with Gasteiger partial charge in [0.1, 0.15) is 0 Å². The number of nitrogen functional groups attached to an aromatic ring is 1. The molecule has 1 fully saturated rings. The molecule has 5 heteroatoms. The number of rotatable bonds is 2. The summed E-state index contributed by atoms with van der Waals surface area (Å²) >= 11 is 0. The second-order valence-corrected chi connectivity index (χ2v) is 4.94. The molecule has 0 bridgehead atoms. The number of hydrogen-bond donors (Lipinski definition) is 1. The Morgan fingerprint density at radius 2 is 1.90 bits per heavy atom. The molecule has 1 aliphatic heterocycles. The van der Waals surface area contributed by atoms with Crippen molar-refractivity contribution in [1.82, 2.24) is 9.88 Å². The molecule has 0 aliphatic carbocycles. The van der Waals surface area contributed by atoms with Crippen molar-refractivity contribution in [2.24, 2.45) is 0 Å². The van der Waals surface area contributed by atoms with Crippen molar-refractivity contribution in [2.45, 2.75) is 25.8 Å². The van der Waals surface area contributed by atoms with Crippen molar-refractivity contribution < 1.29 is 9.59 Å². The minimum Gasteiger partial charge on any atom is -0.398 e. The standard InChI is InChI=1S/C15H15N3O2/c16-12-7-6-10(15-11(12)3-2-8-17-15)9-18-13(19)4-1-5-14(18)20/h2-3,6-8H,1,4-5,9,16H2. The molecule has 2 amide bonds. The van der Waals surface area contributed by atoms with Gasteiger partial charge in [-0.25, -0.2) is 0 Å². The summed E-state index contributed by atoms with van der Waals surface area (Å²) in [6, 6.07) is 7.33. The highest BCUT2D eigenvalue weighted by Crippen LogP contribution is 2.25. The van der Waals surface area contributed by atoms with Crippen molar-refractivity contribution >= 4 is 28.4 Å². The minimum absolute atomic E-state index is 0.109. The Labute approximate surface area is 116 Å². The third-order valence-electron chi connectivity index (χ3n) is 3.60. The summed E-state index contributed by atoms with van der Waals surface area (Å²) < 4.78 is 0. The Morgan fingerprint density at radius 3 is 2.65 bits per heavy atom. The fourth-order valence-electron chi connectivity index (χ4n) is 2.53. The minimum atomic E-state index is -0.109. The van der Waals surface area contributed by atoms with Crippen LogP contribution in [0.4, 0.5) is 5.69 Å². The fraction of sp³-hybridized carbons (Fsp3) is 0.267. The number of carbonyl (C=O) groups is 2. The summed E-state index contributed by atoms with van der Waals surface area (Å²) in [6.07, 6.45) is 3.21. The summed E-state index contributed by atoms with van der Waals surface area (Å²) in [5, 5.41) is 0.849. The summed E-state index contributed by atoms with van der Waals surface area (Å²) in [7, 11) is 0. The van der Waals surface area contributed by atoms with E-state index in [2.05, 4.69) is 4.98 Å². The number of aromatic nitrogens is 1. The second-order valence-electron chi connectivity index (χ2n) is 4.94. The molecule has 102 valence electrons. The van der Waals surface area contributed by atoms with Crippen LogP contribution < -0.4 is 5.73 Å². The van der Waals surface area contributed by atoms with Crippen LogP contribution in [0.3, 0.4) is 0 Å². The van der Waals surface area contributed by atoms with Gasteiger partial charge in [0, 0.05) is 30.1 Å². The molecular weight excluding hydrogens is 254 g/mol. The van der Waals surface area contributed by atoms with Crippen LogP contribution in [0.1, 0.15) is 24.8 Å². The largest absolute Gasteiger partial charge is 0.398 e. The van der Waals surface area contributed by atoms with Crippen LogP contribution in [0, 0.1) is 0 Å². The Hall–Kier alpha value is -2.43. The van der Waals surface area contributed by atoms with Crippen LogP contribution in [-0.2, 0) is 16.1 Å². The van der Waals surface area contributed by atoms with E-state index in [1.807, 2.05) is 18.2 Å². The lowest BCUT2D eigenvalue weighted by Gasteiger charge is -2.25. The molecule has 2 N–H and O–H groups in total. The van der Waals surface area contributed by atoms with Gasteiger partial charge in [0.15, 0.2) is 0 Å². The van der Waals surface area contributed by atoms with E-state index < -0.39 is 0 Å². The molecule has 1 aliphatic rings. The Kier molecular flexibility index (Phi) is 3.10. The first kappa shape index (κ1) is 12.6. The fourth-order valence-corrected chi connectivity index (χ4v) is 2.53. The third-order valence-corrected chi connectivity index (χ3v) is 3.60. The van der Waals surface area contributed by atoms with E-state index >= 15 is 0 Å². The van der Waals surface area contributed by atoms with Gasteiger partial charge in [-0.2, -0.15) is 0 Å². The second kappa shape index (κ2) is 4.92. The van der Waals surface area contributed by atoms with E-state index in [0.29, 0.717) is 24.9 Å². The number of fused-ring (bicyclic) bond motifs is 1. The molecule has 0 spiro atoms. The monoisotopic (exact) mass is 269 g/mol. The summed E-state index contributed by atoms with van der Waals surface area (Å²) in [5.41, 5.74) is 8.17. The molecule has 0 radical (unpaired) electrons. The highest BCUT2D eigenvalue weighted by Gasteiger charge is 2.26. The number of hydrogen-bond acceptors (Lipinski definition) is 4. The highest BCUT2D eigenvalue weighted by atomic mass is 16.2. The molecule has 2 aromatic rings. The van der Waals surface area contributed by atoms with Gasteiger partial charge in [0.25, 0.3) is 0 Å². The number of nitrogens with zero attached hydrogens (tertiary/aromatic N) is 2. The molecule has 3 rings (SSSR count). The zero-order valence-corrected chi connectivity index (χ0v) is 11.0. The van der Waals surface area contributed by atoms with Gasteiger partial charge in [-0.15, -0.1) is 0 Å². The maximum Gasteiger partial charge on any atom is 0.229 e. The van der Waals surface area contributed by atoms with Gasteiger partial charge in [0.2, 0.25) is 11.8 Å². The van der Waals surface area contributed by atoms with Crippen LogP contribution in [-0.4, -0.2) is 21.7 Å². The molecule has 0 atom stereocenters. The summed E-state index contributed by atoms with van der Waals surface area (Å²) in [5.74, 6) is -0.218. The van der Waals surface area contributed by atoms with Crippen molar-refractivity contribution in [3.8, 4) is 0 Å². The van der Waals surface area contributed by atoms with Crippen LogP contribution >= 0.6 is 0 Å². The number of piperidine rings is 1. The first-order valence-electron chi connectivity index (χ1n) is 6.62. The first-order valence-corrected chi connectivity index (χ1v) is 6.62. The number of likely N-dealkylation sites (tertiary alicyclic amines) is 1. The number of anilines is 1. The number of imide groups is 1. The third kappa shape index (κ3) is 2.11. The van der Waals surface area contributed by atoms with E-state index in [-0.39, 0.29) is 18.4 Å². The lowest BCUT2D eigenvalue weighted by Crippen LogP contribution is -2.39. The van der Waals surface area contributed by atoms with Crippen LogP contribution in [0.5, 0.6) is 0 Å². The zero-order chi connectivity index (χ0) is 14.1. The van der Waals surface area contributed by atoms with Gasteiger partial charge >= 0.3 is 0 Å². The summed E-state index contributed by atoms with van der Waals surface area (Å²) in [6.45, 7) is 0.269. The average Bonchev–Trinajstić information content (AvgIpc) is 2.46. The lowest BCUT2D eigenvalue weighted by molar-refractivity contribution is -0.148. The lowest BCUT2D eigenvalue weighted by atomic mass is 10.0. The van der Waals surface area contributed by atoms with Crippen molar-refractivity contribution in [3.63, 3.8) is 0 Å². The van der Waals surface area contributed by atoms with Gasteiger partial charge in [0.05, 0.1) is 12.1 Å². The molecule has 1 aromatic heterocycles. The molecule has 1 aromatic carbocycles. The first-order chi connectivity index (χ1) is 9.66. The molecule has 0 saturated carbocycles. The van der Waals surface area contributed by atoms with Crippen molar-refractivity contribution in [3.05, 3.63) is 36.0 Å². The molecule has 0 unspecified atom stereocenters. The van der Waals surface area contributed by atoms with E-state index in [1.54, 1.807) is 12.3 Å². The Morgan fingerprint density at radius 1 is 1.15 bits per heavy atom. The Bertz CT molecular complexity index is 681. The molecule has 20 heavy (non-hydrogen) atoms. The molecule has 5 nitrogen and oxygen atoms in total. The van der Waals surface area contributed by atoms with Crippen LogP contribution in [0.15, 0.2) is 30.5 Å². The maximum atomic E-state index is 11.9. The van der Waals surface area contributed by atoms with Gasteiger partial charge < -0.3 is 5.73 Å². The predicted octanol–water partition coefficient (Wildman–Crippen LogP) is 1.86. The van der Waals surface area contributed by atoms with E-state index in [9.17, 15) is 9.59 Å². The molecular formula is C15H15N3O2. The van der Waals surface area contributed by atoms with Crippen molar-refractivity contribution in [1.29, 1.82) is 0 Å². The predicted molar refractivity (Wildman–Crippen MR) is 75.6 cm³/mol. The van der Waals surface area contributed by atoms with E-state index in [1.165, 1.54) is 4.90 Å². The number of nitrogens with two attached hydrogens (primary N) is 1. The molecule has 1 saturated heterocycles.